The topological polar surface area (TPSA) is 59.2 Å². The number of nitrogens with zero attached hydrogens (tertiary/aromatic N) is 2. The zero-order valence-electron chi connectivity index (χ0n) is 8.30. The summed E-state index contributed by atoms with van der Waals surface area (Å²) in [6.45, 7) is 1.09. The highest BCUT2D eigenvalue weighted by Crippen LogP contribution is 2.01. The summed E-state index contributed by atoms with van der Waals surface area (Å²) in [6.07, 6.45) is 4.78. The van der Waals surface area contributed by atoms with Crippen molar-refractivity contribution in [3.8, 4) is 0 Å². The predicted octanol–water partition coefficient (Wildman–Crippen LogP) is 0.716. The van der Waals surface area contributed by atoms with E-state index in [2.05, 4.69) is 4.98 Å². The van der Waals surface area contributed by atoms with E-state index >= 15 is 0 Å². The van der Waals surface area contributed by atoms with Gasteiger partial charge in [-0.25, -0.2) is 0 Å². The Hall–Kier alpha value is -1.49. The minimum atomic E-state index is 0.424. The van der Waals surface area contributed by atoms with Crippen molar-refractivity contribution in [1.29, 1.82) is 0 Å². The molecule has 0 fully saturated rings. The number of rotatable bonds is 6. The average Bonchev–Trinajstić information content (AvgIpc) is 2.25. The molecule has 0 saturated heterocycles. The Morgan fingerprint density at radius 1 is 1.67 bits per heavy atom. The predicted molar refractivity (Wildman–Crippen MR) is 62.1 cm³/mol. The van der Waals surface area contributed by atoms with Crippen molar-refractivity contribution in [2.24, 2.45) is 5.73 Å². The molecule has 80 valence electrons. The van der Waals surface area contributed by atoms with Gasteiger partial charge in [0.25, 0.3) is 0 Å². The third kappa shape index (κ3) is 4.51. The maximum Gasteiger partial charge on any atom is 0.210 e. The van der Waals surface area contributed by atoms with Crippen molar-refractivity contribution in [1.82, 2.24) is 9.88 Å². The molecule has 0 aliphatic rings. The lowest BCUT2D eigenvalue weighted by Gasteiger charge is -2.16. The van der Waals surface area contributed by atoms with E-state index in [4.69, 9.17) is 18.0 Å². The van der Waals surface area contributed by atoms with Crippen LogP contribution in [-0.4, -0.2) is 27.8 Å². The van der Waals surface area contributed by atoms with Crippen LogP contribution < -0.4 is 5.73 Å². The van der Waals surface area contributed by atoms with Gasteiger partial charge >= 0.3 is 0 Å². The number of aromatic nitrogens is 1. The van der Waals surface area contributed by atoms with Gasteiger partial charge < -0.3 is 10.6 Å². The number of pyridine rings is 1. The standard InChI is InChI=1S/C10H13N3OS/c11-10(15)3-5-13(8-14)7-9-2-1-4-12-6-9/h1-2,4,6,8H,3,5,7H2,(H2,11,15). The fourth-order valence-electron chi connectivity index (χ4n) is 1.15. The molecule has 1 aromatic rings. The number of nitrogens with two attached hydrogens (primary N) is 1. The van der Waals surface area contributed by atoms with E-state index in [1.54, 1.807) is 17.3 Å². The molecule has 0 bridgehead atoms. The van der Waals surface area contributed by atoms with Crippen LogP contribution in [0, 0.1) is 0 Å². The molecule has 0 aliphatic carbocycles. The summed E-state index contributed by atoms with van der Waals surface area (Å²) in [4.78, 5) is 16.8. The highest BCUT2D eigenvalue weighted by Gasteiger charge is 2.03. The number of amides is 1. The van der Waals surface area contributed by atoms with Crippen LogP contribution in [0.2, 0.25) is 0 Å². The van der Waals surface area contributed by atoms with E-state index in [9.17, 15) is 4.79 Å². The van der Waals surface area contributed by atoms with Crippen LogP contribution in [0.3, 0.4) is 0 Å². The Morgan fingerprint density at radius 3 is 3.00 bits per heavy atom. The lowest BCUT2D eigenvalue weighted by Crippen LogP contribution is -2.26. The highest BCUT2D eigenvalue weighted by molar-refractivity contribution is 7.80. The second-order valence-corrected chi connectivity index (χ2v) is 3.68. The van der Waals surface area contributed by atoms with Crippen LogP contribution in [0.1, 0.15) is 12.0 Å². The lowest BCUT2D eigenvalue weighted by atomic mass is 10.2. The molecular formula is C10H13N3OS. The second-order valence-electron chi connectivity index (χ2n) is 3.15. The van der Waals surface area contributed by atoms with Crippen molar-refractivity contribution < 1.29 is 4.79 Å². The van der Waals surface area contributed by atoms with E-state index in [0.717, 1.165) is 12.0 Å². The van der Waals surface area contributed by atoms with Crippen LogP contribution in [-0.2, 0) is 11.3 Å². The van der Waals surface area contributed by atoms with Crippen molar-refractivity contribution in [3.63, 3.8) is 0 Å². The van der Waals surface area contributed by atoms with Crippen molar-refractivity contribution in [2.75, 3.05) is 6.54 Å². The number of carbonyl (C=O) groups excluding carboxylic acids is 1. The Labute approximate surface area is 94.1 Å². The molecule has 0 spiro atoms. The minimum absolute atomic E-state index is 0.424. The molecular weight excluding hydrogens is 210 g/mol. The Bertz CT molecular complexity index is 329. The first kappa shape index (κ1) is 11.6. The average molecular weight is 223 g/mol. The Balaban J connectivity index is 2.47. The van der Waals surface area contributed by atoms with Crippen LogP contribution in [0.15, 0.2) is 24.5 Å². The quantitative estimate of drug-likeness (QED) is 0.570. The molecule has 1 rings (SSSR count). The number of carbonyl (C=O) groups is 1. The number of hydrogen-bond donors (Lipinski definition) is 1. The van der Waals surface area contributed by atoms with E-state index in [0.29, 0.717) is 24.5 Å². The van der Waals surface area contributed by atoms with Gasteiger partial charge in [0.2, 0.25) is 6.41 Å². The van der Waals surface area contributed by atoms with Gasteiger partial charge in [0.1, 0.15) is 0 Å². The lowest BCUT2D eigenvalue weighted by molar-refractivity contribution is -0.118. The van der Waals surface area contributed by atoms with Crippen molar-refractivity contribution >= 4 is 23.6 Å². The van der Waals surface area contributed by atoms with Crippen LogP contribution in [0.4, 0.5) is 0 Å². The third-order valence-electron chi connectivity index (χ3n) is 1.90. The van der Waals surface area contributed by atoms with Crippen LogP contribution in [0.5, 0.6) is 0 Å². The van der Waals surface area contributed by atoms with Crippen molar-refractivity contribution in [3.05, 3.63) is 30.1 Å². The van der Waals surface area contributed by atoms with Gasteiger partial charge in [0, 0.05) is 31.9 Å². The molecule has 0 radical (unpaired) electrons. The third-order valence-corrected chi connectivity index (χ3v) is 2.11. The summed E-state index contributed by atoms with van der Waals surface area (Å²) in [5.41, 5.74) is 6.36. The van der Waals surface area contributed by atoms with E-state index in [1.807, 2.05) is 12.1 Å². The monoisotopic (exact) mass is 223 g/mol. The minimum Gasteiger partial charge on any atom is -0.393 e. The number of hydrogen-bond acceptors (Lipinski definition) is 3. The van der Waals surface area contributed by atoms with Gasteiger partial charge in [0.05, 0.1) is 4.99 Å². The smallest absolute Gasteiger partial charge is 0.210 e. The molecule has 0 aliphatic heterocycles. The summed E-state index contributed by atoms with van der Waals surface area (Å²) in [7, 11) is 0. The van der Waals surface area contributed by atoms with E-state index in [1.165, 1.54) is 0 Å². The van der Waals surface area contributed by atoms with Gasteiger partial charge in [0.15, 0.2) is 0 Å². The zero-order valence-corrected chi connectivity index (χ0v) is 9.11. The van der Waals surface area contributed by atoms with Gasteiger partial charge in [-0.3, -0.25) is 9.78 Å². The molecule has 0 unspecified atom stereocenters. The first-order valence-corrected chi connectivity index (χ1v) is 4.99. The summed E-state index contributed by atoms with van der Waals surface area (Å²) in [5.74, 6) is 0. The first-order valence-electron chi connectivity index (χ1n) is 4.59. The summed E-state index contributed by atoms with van der Waals surface area (Å²) in [6, 6.07) is 3.76. The fraction of sp³-hybridized carbons (Fsp3) is 0.300. The maximum absolute atomic E-state index is 10.7. The van der Waals surface area contributed by atoms with Crippen molar-refractivity contribution in [2.45, 2.75) is 13.0 Å². The molecule has 1 heterocycles. The SMILES string of the molecule is NC(=S)CCN(C=O)Cc1cccnc1. The van der Waals surface area contributed by atoms with Gasteiger partial charge in [-0.05, 0) is 11.6 Å². The Morgan fingerprint density at radius 2 is 2.47 bits per heavy atom. The molecule has 5 heteroatoms. The first-order chi connectivity index (χ1) is 7.22. The largest absolute Gasteiger partial charge is 0.393 e. The molecule has 1 amide bonds. The van der Waals surface area contributed by atoms with E-state index < -0.39 is 0 Å². The molecule has 0 aromatic carbocycles. The summed E-state index contributed by atoms with van der Waals surface area (Å²) >= 11 is 4.75. The highest BCUT2D eigenvalue weighted by atomic mass is 32.1. The van der Waals surface area contributed by atoms with E-state index in [-0.39, 0.29) is 0 Å². The zero-order chi connectivity index (χ0) is 11.1. The fourth-order valence-corrected chi connectivity index (χ4v) is 1.24. The summed E-state index contributed by atoms with van der Waals surface area (Å²) < 4.78 is 0. The number of thiocarbonyl (C=S) groups is 1. The normalized spacial score (nSPS) is 9.60. The molecule has 4 nitrogen and oxygen atoms in total. The molecule has 0 saturated carbocycles. The van der Waals surface area contributed by atoms with Gasteiger partial charge in [-0.2, -0.15) is 0 Å². The molecule has 2 N–H and O–H groups in total. The summed E-state index contributed by atoms with van der Waals surface area (Å²) in [5, 5.41) is 0. The van der Waals surface area contributed by atoms with Gasteiger partial charge in [-0.15, -0.1) is 0 Å². The molecule has 1 aromatic heterocycles. The van der Waals surface area contributed by atoms with Crippen LogP contribution in [0.25, 0.3) is 0 Å². The maximum atomic E-state index is 10.7. The second kappa shape index (κ2) is 6.08. The van der Waals surface area contributed by atoms with Gasteiger partial charge in [-0.1, -0.05) is 18.3 Å². The molecule has 15 heavy (non-hydrogen) atoms. The molecule has 0 atom stereocenters. The van der Waals surface area contributed by atoms with Crippen LogP contribution >= 0.6 is 12.2 Å². The Kier molecular flexibility index (Phi) is 4.70.